The Balaban J connectivity index is -0.000000105. The fraction of sp³-hybridized carbons (Fsp3) is 0. The van der Waals surface area contributed by atoms with E-state index in [4.69, 9.17) is 25.2 Å². The molecule has 0 aromatic rings. The number of hydrogen-bond donors (Lipinski definition) is 4. The van der Waals surface area contributed by atoms with Gasteiger partial charge < -0.3 is 29.9 Å². The molecule has 10 nitrogen and oxygen atoms in total. The van der Waals surface area contributed by atoms with Crippen LogP contribution < -0.4 is 0 Å². The van der Waals surface area contributed by atoms with Crippen molar-refractivity contribution < 1.29 is 49.1 Å². The van der Waals surface area contributed by atoms with Crippen LogP contribution in [0.1, 0.15) is 0 Å². The zero-order valence-electron chi connectivity index (χ0n) is 6.24. The minimum atomic E-state index is -1.92. The Morgan fingerprint density at radius 1 is 0.688 bits per heavy atom. The van der Waals surface area contributed by atoms with E-state index in [1.165, 1.54) is 0 Å². The van der Waals surface area contributed by atoms with Crippen LogP contribution in [0.4, 0.5) is 19.2 Å². The number of ether oxygens (including phenoxy) is 2. The number of carbonyl (C=O) groups excluding carboxylic acids is 1. The second kappa shape index (κ2) is 14.5. The molecule has 0 saturated heterocycles. The van der Waals surface area contributed by atoms with Crippen molar-refractivity contribution in [2.75, 3.05) is 0 Å². The van der Waals surface area contributed by atoms with E-state index in [2.05, 4.69) is 9.47 Å². The molecule has 4 N–H and O–H groups in total. The summed E-state index contributed by atoms with van der Waals surface area (Å²) in [7, 11) is 0. The SMILES string of the molecule is O=C(O)O.O=C(O)OC(=O)OC(=O)O.[NaH].[NaH]. The van der Waals surface area contributed by atoms with Gasteiger partial charge in [0.1, 0.15) is 0 Å². The molecule has 0 radical (unpaired) electrons. The van der Waals surface area contributed by atoms with Crippen LogP contribution in [0.25, 0.3) is 0 Å². The Labute approximate surface area is 132 Å². The van der Waals surface area contributed by atoms with Gasteiger partial charge in [0.2, 0.25) is 0 Å². The van der Waals surface area contributed by atoms with Crippen molar-refractivity contribution in [3.05, 3.63) is 0 Å². The van der Waals surface area contributed by atoms with E-state index in [0.29, 0.717) is 0 Å². The van der Waals surface area contributed by atoms with Crippen LogP contribution in [0.15, 0.2) is 0 Å². The van der Waals surface area contributed by atoms with E-state index in [-0.39, 0.29) is 59.1 Å². The van der Waals surface area contributed by atoms with Crippen molar-refractivity contribution in [3.63, 3.8) is 0 Å². The van der Waals surface area contributed by atoms with Gasteiger partial charge in [0, 0.05) is 0 Å². The van der Waals surface area contributed by atoms with E-state index in [0.717, 1.165) is 0 Å². The van der Waals surface area contributed by atoms with Gasteiger partial charge in [-0.2, -0.15) is 0 Å². The van der Waals surface area contributed by atoms with Gasteiger partial charge in [0.25, 0.3) is 0 Å². The van der Waals surface area contributed by atoms with E-state index < -0.39 is 24.6 Å². The number of carboxylic acid groups (broad SMARTS) is 4. The van der Waals surface area contributed by atoms with Crippen molar-refractivity contribution in [1.82, 2.24) is 0 Å². The van der Waals surface area contributed by atoms with Crippen LogP contribution >= 0.6 is 0 Å². The average Bonchev–Trinajstić information content (AvgIpc) is 1.79. The summed E-state index contributed by atoms with van der Waals surface area (Å²) in [6.07, 6.45) is -7.47. The fourth-order valence-corrected chi connectivity index (χ4v) is 0.163. The summed E-state index contributed by atoms with van der Waals surface area (Å²) in [5.41, 5.74) is 0. The maximum absolute atomic E-state index is 9.86. The fourth-order valence-electron chi connectivity index (χ4n) is 0.163. The summed E-state index contributed by atoms with van der Waals surface area (Å²) in [6.45, 7) is 0. The maximum atomic E-state index is 9.86. The van der Waals surface area contributed by atoms with Crippen LogP contribution in [0.5, 0.6) is 0 Å². The third-order valence-corrected chi connectivity index (χ3v) is 0.341. The van der Waals surface area contributed by atoms with E-state index in [1.54, 1.807) is 0 Å². The minimum absolute atomic E-state index is 0. The molecule has 0 aromatic carbocycles. The number of carbonyl (C=O) groups is 4. The van der Waals surface area contributed by atoms with Gasteiger partial charge in [-0.05, 0) is 0 Å². The Kier molecular flexibility index (Phi) is 22.3. The van der Waals surface area contributed by atoms with Gasteiger partial charge in [-0.3, -0.25) is 0 Å². The number of hydrogen-bond acceptors (Lipinski definition) is 6. The predicted octanol–water partition coefficient (Wildman–Crippen LogP) is -0.579. The monoisotopic (exact) mass is 260 g/mol. The van der Waals surface area contributed by atoms with Gasteiger partial charge in [0.05, 0.1) is 0 Å². The molecule has 16 heavy (non-hydrogen) atoms. The topological polar surface area (TPSA) is 168 Å². The van der Waals surface area contributed by atoms with Gasteiger partial charge in [0.15, 0.2) is 0 Å². The van der Waals surface area contributed by atoms with Crippen LogP contribution in [0.2, 0.25) is 0 Å². The Hall–Kier alpha value is -0.520. The van der Waals surface area contributed by atoms with Crippen LogP contribution in [-0.4, -0.2) is 104 Å². The molecule has 0 aliphatic heterocycles. The summed E-state index contributed by atoms with van der Waals surface area (Å²) in [4.78, 5) is 37.4. The summed E-state index contributed by atoms with van der Waals surface area (Å²) < 4.78 is 6.47. The molecule has 0 heterocycles. The van der Waals surface area contributed by atoms with Gasteiger partial charge in [-0.25, -0.2) is 19.2 Å². The summed E-state index contributed by atoms with van der Waals surface area (Å²) in [5, 5.41) is 29.3. The third kappa shape index (κ3) is 37.5. The molecule has 0 spiro atoms. The Morgan fingerprint density at radius 3 is 1.00 bits per heavy atom. The van der Waals surface area contributed by atoms with Crippen molar-refractivity contribution >= 4 is 83.7 Å². The zero-order chi connectivity index (χ0) is 11.7. The van der Waals surface area contributed by atoms with Gasteiger partial charge >= 0.3 is 83.7 Å². The molecule has 84 valence electrons. The van der Waals surface area contributed by atoms with E-state index in [1.807, 2.05) is 0 Å². The first-order valence-corrected chi connectivity index (χ1v) is 2.53. The molecular formula is C4H6Na2O10. The second-order valence-corrected chi connectivity index (χ2v) is 1.27. The molecule has 0 aromatic heterocycles. The van der Waals surface area contributed by atoms with Crippen LogP contribution in [0, 0.1) is 0 Å². The summed E-state index contributed by atoms with van der Waals surface area (Å²) in [6, 6.07) is 0. The molecular weight excluding hydrogens is 254 g/mol. The van der Waals surface area contributed by atoms with Crippen LogP contribution in [-0.2, 0) is 9.47 Å². The molecule has 0 saturated carbocycles. The molecule has 0 rings (SSSR count). The van der Waals surface area contributed by atoms with Crippen molar-refractivity contribution in [2.24, 2.45) is 0 Å². The molecule has 0 aliphatic rings. The third-order valence-electron chi connectivity index (χ3n) is 0.341. The first-order valence-electron chi connectivity index (χ1n) is 2.53. The predicted molar refractivity (Wildman–Crippen MR) is 48.6 cm³/mol. The van der Waals surface area contributed by atoms with Gasteiger partial charge in [-0.15, -0.1) is 0 Å². The van der Waals surface area contributed by atoms with Crippen LogP contribution in [0.3, 0.4) is 0 Å². The summed E-state index contributed by atoms with van der Waals surface area (Å²) in [5.74, 6) is 0. The van der Waals surface area contributed by atoms with E-state index in [9.17, 15) is 14.4 Å². The first-order chi connectivity index (χ1) is 6.25. The molecule has 0 aliphatic carbocycles. The normalized spacial score (nSPS) is 6.50. The van der Waals surface area contributed by atoms with Gasteiger partial charge in [-0.1, -0.05) is 0 Å². The molecule has 0 amide bonds. The molecule has 0 unspecified atom stereocenters. The number of rotatable bonds is 0. The Bertz CT molecular complexity index is 227. The first kappa shape index (κ1) is 24.6. The summed E-state index contributed by atoms with van der Waals surface area (Å²) >= 11 is 0. The molecule has 0 bridgehead atoms. The van der Waals surface area contributed by atoms with Crippen molar-refractivity contribution in [3.8, 4) is 0 Å². The molecule has 12 heteroatoms. The zero-order valence-corrected chi connectivity index (χ0v) is 6.24. The average molecular weight is 260 g/mol. The second-order valence-electron chi connectivity index (χ2n) is 1.27. The molecule has 0 atom stereocenters. The van der Waals surface area contributed by atoms with Crippen molar-refractivity contribution in [2.45, 2.75) is 0 Å². The molecule has 0 fully saturated rings. The standard InChI is InChI=1S/C3H2O7.CH2O3.2Na.2H/c4-1(5)9-3(8)10-2(6)7;2-1(3)4;;;;/h(H,4,5)(H,6,7);(H2,2,3,4);;;;. The van der Waals surface area contributed by atoms with E-state index >= 15 is 0 Å². The Morgan fingerprint density at radius 2 is 0.875 bits per heavy atom. The quantitative estimate of drug-likeness (QED) is 0.251. The van der Waals surface area contributed by atoms with Crippen molar-refractivity contribution in [1.29, 1.82) is 0 Å².